The van der Waals surface area contributed by atoms with E-state index in [4.69, 9.17) is 16.3 Å². The van der Waals surface area contributed by atoms with Crippen molar-refractivity contribution in [1.29, 1.82) is 0 Å². The molecular weight excluding hydrogens is 374 g/mol. The molecule has 0 heterocycles. The average Bonchev–Trinajstić information content (AvgIpc) is 2.62. The van der Waals surface area contributed by atoms with Crippen LogP contribution in [0.3, 0.4) is 0 Å². The van der Waals surface area contributed by atoms with Crippen molar-refractivity contribution in [2.24, 2.45) is 5.92 Å². The molecule has 2 aromatic carbocycles. The van der Waals surface area contributed by atoms with E-state index in [0.29, 0.717) is 11.1 Å². The van der Waals surface area contributed by atoms with Gasteiger partial charge in [0, 0.05) is 16.5 Å². The van der Waals surface area contributed by atoms with Gasteiger partial charge in [-0.1, -0.05) is 29.8 Å². The van der Waals surface area contributed by atoms with Gasteiger partial charge in [-0.05, 0) is 54.8 Å². The maximum atomic E-state index is 14.6. The van der Waals surface area contributed by atoms with Crippen LogP contribution in [0.25, 0.3) is 5.57 Å². The third kappa shape index (κ3) is 3.93. The molecule has 0 aliphatic heterocycles. The number of ether oxygens (including phenoxy) is 1. The van der Waals surface area contributed by atoms with E-state index in [1.165, 1.54) is 36.4 Å². The normalized spacial score (nSPS) is 19.6. The number of benzene rings is 2. The highest BCUT2D eigenvalue weighted by Crippen LogP contribution is 2.43. The Balaban J connectivity index is 2.09. The Bertz CT molecular complexity index is 886. The van der Waals surface area contributed by atoms with Gasteiger partial charge in [-0.3, -0.25) is 9.59 Å². The molecule has 1 aliphatic carbocycles. The first-order valence-electron chi connectivity index (χ1n) is 8.53. The first-order chi connectivity index (χ1) is 12.9. The van der Waals surface area contributed by atoms with Crippen molar-refractivity contribution in [1.82, 2.24) is 0 Å². The van der Waals surface area contributed by atoms with E-state index in [1.54, 1.807) is 19.1 Å². The Labute approximate surface area is 160 Å². The van der Waals surface area contributed by atoms with Gasteiger partial charge in [0.1, 0.15) is 17.6 Å². The summed E-state index contributed by atoms with van der Waals surface area (Å²) in [6.07, 6.45) is 1.54. The number of rotatable bonds is 4. The predicted molar refractivity (Wildman–Crippen MR) is 98.3 cm³/mol. The molecule has 27 heavy (non-hydrogen) atoms. The molecule has 3 rings (SSSR count). The lowest BCUT2D eigenvalue weighted by Crippen LogP contribution is -2.34. The van der Waals surface area contributed by atoms with E-state index in [1.807, 2.05) is 0 Å². The van der Waals surface area contributed by atoms with Crippen molar-refractivity contribution in [3.05, 3.63) is 76.3 Å². The van der Waals surface area contributed by atoms with Crippen LogP contribution in [0.1, 0.15) is 30.4 Å². The van der Waals surface area contributed by atoms with Crippen molar-refractivity contribution in [2.75, 3.05) is 6.61 Å². The van der Waals surface area contributed by atoms with Crippen molar-refractivity contribution in [2.45, 2.75) is 19.3 Å². The summed E-state index contributed by atoms with van der Waals surface area (Å²) >= 11 is 6.20. The highest BCUT2D eigenvalue weighted by Gasteiger charge is 2.41. The van der Waals surface area contributed by atoms with E-state index in [0.717, 1.165) is 0 Å². The molecule has 0 amide bonds. The SMILES string of the molecule is CCOC(=O)[C@H]1C(=O)C=C(c2ccc(F)cc2)C[C@@H]1c1c(F)cccc1Cl. The number of esters is 1. The minimum atomic E-state index is -1.18. The summed E-state index contributed by atoms with van der Waals surface area (Å²) in [7, 11) is 0. The zero-order valence-corrected chi connectivity index (χ0v) is 15.3. The molecule has 0 bridgehead atoms. The van der Waals surface area contributed by atoms with Gasteiger partial charge < -0.3 is 4.74 Å². The highest BCUT2D eigenvalue weighted by molar-refractivity contribution is 6.31. The number of carbonyl (C=O) groups is 2. The predicted octanol–water partition coefficient (Wildman–Crippen LogP) is 4.94. The van der Waals surface area contributed by atoms with E-state index in [9.17, 15) is 18.4 Å². The molecule has 0 saturated carbocycles. The fourth-order valence-electron chi connectivity index (χ4n) is 3.38. The van der Waals surface area contributed by atoms with Crippen LogP contribution in [0.2, 0.25) is 5.02 Å². The molecule has 0 N–H and O–H groups in total. The molecule has 1 aliphatic rings. The zero-order valence-electron chi connectivity index (χ0n) is 14.5. The Morgan fingerprint density at radius 2 is 1.89 bits per heavy atom. The topological polar surface area (TPSA) is 43.4 Å². The summed E-state index contributed by atoms with van der Waals surface area (Å²) < 4.78 is 32.8. The van der Waals surface area contributed by atoms with Gasteiger partial charge in [-0.2, -0.15) is 0 Å². The Morgan fingerprint density at radius 1 is 1.19 bits per heavy atom. The second-order valence-corrected chi connectivity index (χ2v) is 6.66. The van der Waals surface area contributed by atoms with Crippen LogP contribution in [-0.4, -0.2) is 18.4 Å². The van der Waals surface area contributed by atoms with Crippen LogP contribution >= 0.6 is 11.6 Å². The second kappa shape index (κ2) is 8.01. The van der Waals surface area contributed by atoms with E-state index < -0.39 is 35.2 Å². The summed E-state index contributed by atoms with van der Waals surface area (Å²) in [6, 6.07) is 9.86. The lowest BCUT2D eigenvalue weighted by atomic mass is 9.73. The molecule has 2 aromatic rings. The number of allylic oxidation sites excluding steroid dienone is 2. The Morgan fingerprint density at radius 3 is 2.52 bits per heavy atom. The first kappa shape index (κ1) is 19.2. The lowest BCUT2D eigenvalue weighted by molar-refractivity contribution is -0.151. The van der Waals surface area contributed by atoms with Crippen LogP contribution in [0.15, 0.2) is 48.5 Å². The summed E-state index contributed by atoms with van der Waals surface area (Å²) in [4.78, 5) is 25.2. The van der Waals surface area contributed by atoms with Crippen molar-refractivity contribution < 1.29 is 23.1 Å². The minimum absolute atomic E-state index is 0.106. The second-order valence-electron chi connectivity index (χ2n) is 6.25. The summed E-state index contributed by atoms with van der Waals surface area (Å²) in [6.45, 7) is 1.74. The van der Waals surface area contributed by atoms with Gasteiger partial charge in [0.05, 0.1) is 6.61 Å². The molecule has 140 valence electrons. The largest absolute Gasteiger partial charge is 0.465 e. The van der Waals surface area contributed by atoms with Crippen LogP contribution < -0.4 is 0 Å². The number of ketones is 1. The summed E-state index contributed by atoms with van der Waals surface area (Å²) in [5, 5.41) is 0.141. The quantitative estimate of drug-likeness (QED) is 0.548. The number of halogens is 3. The fraction of sp³-hybridized carbons (Fsp3) is 0.238. The maximum Gasteiger partial charge on any atom is 0.317 e. The molecule has 6 heteroatoms. The monoisotopic (exact) mass is 390 g/mol. The van der Waals surface area contributed by atoms with Gasteiger partial charge in [-0.15, -0.1) is 0 Å². The van der Waals surface area contributed by atoms with Crippen LogP contribution in [0, 0.1) is 17.6 Å². The number of hydrogen-bond acceptors (Lipinski definition) is 3. The van der Waals surface area contributed by atoms with Crippen LogP contribution in [0.5, 0.6) is 0 Å². The van der Waals surface area contributed by atoms with Crippen molar-refractivity contribution >= 4 is 28.9 Å². The Hall–Kier alpha value is -2.53. The molecule has 2 atom stereocenters. The molecular formula is C21H17ClF2O3. The fourth-order valence-corrected chi connectivity index (χ4v) is 3.69. The van der Waals surface area contributed by atoms with Gasteiger partial charge in [0.15, 0.2) is 5.78 Å². The van der Waals surface area contributed by atoms with Gasteiger partial charge in [0.2, 0.25) is 0 Å². The van der Waals surface area contributed by atoms with Gasteiger partial charge >= 0.3 is 5.97 Å². The third-order valence-electron chi connectivity index (χ3n) is 4.59. The number of hydrogen-bond donors (Lipinski definition) is 0. The zero-order chi connectivity index (χ0) is 19.6. The average molecular weight is 391 g/mol. The molecule has 0 aromatic heterocycles. The molecule has 0 radical (unpaired) electrons. The van der Waals surface area contributed by atoms with E-state index in [2.05, 4.69) is 0 Å². The smallest absolute Gasteiger partial charge is 0.317 e. The van der Waals surface area contributed by atoms with E-state index in [-0.39, 0.29) is 23.6 Å². The van der Waals surface area contributed by atoms with E-state index >= 15 is 0 Å². The van der Waals surface area contributed by atoms with Crippen LogP contribution in [0.4, 0.5) is 8.78 Å². The summed E-state index contributed by atoms with van der Waals surface area (Å²) in [5.41, 5.74) is 1.33. The molecule has 3 nitrogen and oxygen atoms in total. The van der Waals surface area contributed by atoms with Crippen molar-refractivity contribution in [3.8, 4) is 0 Å². The Kier molecular flexibility index (Phi) is 5.71. The molecule has 0 unspecified atom stereocenters. The number of carbonyl (C=O) groups excluding carboxylic acids is 2. The minimum Gasteiger partial charge on any atom is -0.465 e. The standard InChI is InChI=1S/C21H17ClF2O3/c1-2-27-21(26)20-15(19-16(22)4-3-5-17(19)24)10-13(11-18(20)25)12-6-8-14(23)9-7-12/h3-9,11,15,20H,2,10H2,1H3/t15-,20-/m1/s1. The third-order valence-corrected chi connectivity index (χ3v) is 4.92. The lowest BCUT2D eigenvalue weighted by Gasteiger charge is -2.30. The molecule has 0 spiro atoms. The van der Waals surface area contributed by atoms with Gasteiger partial charge in [0.25, 0.3) is 0 Å². The molecule has 0 fully saturated rings. The molecule has 0 saturated heterocycles. The van der Waals surface area contributed by atoms with Gasteiger partial charge in [-0.25, -0.2) is 8.78 Å². The first-order valence-corrected chi connectivity index (χ1v) is 8.91. The van der Waals surface area contributed by atoms with Crippen LogP contribution in [-0.2, 0) is 14.3 Å². The van der Waals surface area contributed by atoms with Crippen molar-refractivity contribution in [3.63, 3.8) is 0 Å². The highest BCUT2D eigenvalue weighted by atomic mass is 35.5. The summed E-state index contributed by atoms with van der Waals surface area (Å²) in [5.74, 6) is -4.17. The maximum absolute atomic E-state index is 14.6.